The zero-order valence-electron chi connectivity index (χ0n) is 21.1. The summed E-state index contributed by atoms with van der Waals surface area (Å²) in [6.45, 7) is 3.86. The van der Waals surface area contributed by atoms with Crippen molar-refractivity contribution < 1.29 is 33.9 Å². The second kappa shape index (κ2) is 16.7. The molecule has 0 aromatic rings. The number of nitrogens with zero attached hydrogens (tertiary/aromatic N) is 1. The molecule has 0 spiro atoms. The van der Waals surface area contributed by atoms with Crippen molar-refractivity contribution in [2.75, 3.05) is 6.54 Å². The number of primary amides is 2. The standard InChI is InChI=1S/C21H39N9O7/c1-10(2)8-13(29-17(33)11(22)4-3-7-27-21(25)26)18(34)30-14(9-16(24)32)19(35)28-12(20(36)37)5-6-15(23)31/h10-14H,3-9,22H2,1-2H3,(H2,23,31)(H2,24,32)(H,28,35)(H,29,33)(H,30,34)(H,36,37)(H4,25,26,27). The third-order valence-electron chi connectivity index (χ3n) is 4.98. The van der Waals surface area contributed by atoms with Gasteiger partial charge < -0.3 is 49.7 Å². The highest BCUT2D eigenvalue weighted by Crippen LogP contribution is 2.08. The van der Waals surface area contributed by atoms with Crippen molar-refractivity contribution in [3.63, 3.8) is 0 Å². The Hall–Kier alpha value is -3.95. The molecule has 5 amide bonds. The molecule has 0 aliphatic carbocycles. The van der Waals surface area contributed by atoms with E-state index in [4.69, 9.17) is 28.7 Å². The van der Waals surface area contributed by atoms with Crippen molar-refractivity contribution in [2.24, 2.45) is 39.6 Å². The zero-order chi connectivity index (χ0) is 28.7. The molecule has 0 aliphatic rings. The Morgan fingerprint density at radius 3 is 1.81 bits per heavy atom. The lowest BCUT2D eigenvalue weighted by Crippen LogP contribution is -2.58. The highest BCUT2D eigenvalue weighted by atomic mass is 16.4. The Balaban J connectivity index is 5.44. The molecule has 16 heteroatoms. The molecule has 4 unspecified atom stereocenters. The molecular formula is C21H39N9O7. The topological polar surface area (TPSA) is 301 Å². The van der Waals surface area contributed by atoms with Gasteiger partial charge in [-0.15, -0.1) is 0 Å². The summed E-state index contributed by atoms with van der Waals surface area (Å²) in [5.41, 5.74) is 26.6. The van der Waals surface area contributed by atoms with Gasteiger partial charge in [-0.05, 0) is 31.6 Å². The van der Waals surface area contributed by atoms with Crippen LogP contribution in [0.5, 0.6) is 0 Å². The molecule has 16 nitrogen and oxygen atoms in total. The Morgan fingerprint density at radius 2 is 1.32 bits per heavy atom. The third-order valence-corrected chi connectivity index (χ3v) is 4.98. The average Bonchev–Trinajstić information content (AvgIpc) is 2.76. The first-order chi connectivity index (χ1) is 17.1. The number of carbonyl (C=O) groups excluding carboxylic acids is 5. The fraction of sp³-hybridized carbons (Fsp3) is 0.667. The van der Waals surface area contributed by atoms with E-state index in [1.807, 2.05) is 0 Å². The monoisotopic (exact) mass is 529 g/mol. The summed E-state index contributed by atoms with van der Waals surface area (Å²) in [6, 6.07) is -5.14. The number of carboxylic acids is 1. The molecular weight excluding hydrogens is 490 g/mol. The summed E-state index contributed by atoms with van der Waals surface area (Å²) in [5.74, 6) is -5.78. The zero-order valence-corrected chi connectivity index (χ0v) is 21.1. The van der Waals surface area contributed by atoms with E-state index >= 15 is 0 Å². The normalized spacial score (nSPS) is 13.9. The van der Waals surface area contributed by atoms with E-state index in [9.17, 15) is 33.9 Å². The predicted molar refractivity (Wildman–Crippen MR) is 133 cm³/mol. The highest BCUT2D eigenvalue weighted by molar-refractivity contribution is 5.96. The SMILES string of the molecule is CC(C)CC(NC(=O)C(N)CCCN=C(N)N)C(=O)NC(CC(N)=O)C(=O)NC(CCC(N)=O)C(=O)O. The number of hydrogen-bond acceptors (Lipinski definition) is 8. The molecule has 0 bridgehead atoms. The van der Waals surface area contributed by atoms with E-state index in [1.165, 1.54) is 0 Å². The maximum atomic E-state index is 13.0. The molecule has 0 heterocycles. The van der Waals surface area contributed by atoms with Crippen LogP contribution in [0.4, 0.5) is 0 Å². The summed E-state index contributed by atoms with van der Waals surface area (Å²) in [6.07, 6.45) is -0.465. The van der Waals surface area contributed by atoms with Crippen LogP contribution < -0.4 is 44.6 Å². The summed E-state index contributed by atoms with van der Waals surface area (Å²) in [7, 11) is 0. The van der Waals surface area contributed by atoms with Gasteiger partial charge in [0.1, 0.15) is 18.1 Å². The Kier molecular flexibility index (Phi) is 14.9. The number of guanidine groups is 1. The molecule has 0 fully saturated rings. The van der Waals surface area contributed by atoms with Crippen LogP contribution in [0.3, 0.4) is 0 Å². The van der Waals surface area contributed by atoms with Crippen LogP contribution in [0.25, 0.3) is 0 Å². The van der Waals surface area contributed by atoms with E-state index in [0.29, 0.717) is 6.42 Å². The van der Waals surface area contributed by atoms with Crippen molar-refractivity contribution in [3.05, 3.63) is 0 Å². The van der Waals surface area contributed by atoms with E-state index in [1.54, 1.807) is 13.8 Å². The highest BCUT2D eigenvalue weighted by Gasteiger charge is 2.31. The summed E-state index contributed by atoms with van der Waals surface area (Å²) < 4.78 is 0. The number of carbonyl (C=O) groups is 6. The summed E-state index contributed by atoms with van der Waals surface area (Å²) in [4.78, 5) is 75.9. The van der Waals surface area contributed by atoms with Gasteiger partial charge in [0.15, 0.2) is 5.96 Å². The van der Waals surface area contributed by atoms with Gasteiger partial charge in [0.05, 0.1) is 12.5 Å². The number of amides is 5. The van der Waals surface area contributed by atoms with Crippen LogP contribution >= 0.6 is 0 Å². The summed E-state index contributed by atoms with van der Waals surface area (Å²) >= 11 is 0. The van der Waals surface area contributed by atoms with E-state index in [2.05, 4.69) is 20.9 Å². The second-order valence-corrected chi connectivity index (χ2v) is 8.88. The molecule has 0 saturated heterocycles. The van der Waals surface area contributed by atoms with Crippen LogP contribution in [0, 0.1) is 5.92 Å². The quantitative estimate of drug-likeness (QED) is 0.0472. The molecule has 14 N–H and O–H groups in total. The predicted octanol–water partition coefficient (Wildman–Crippen LogP) is -3.91. The van der Waals surface area contributed by atoms with Crippen molar-refractivity contribution in [1.29, 1.82) is 0 Å². The van der Waals surface area contributed by atoms with Gasteiger partial charge in [-0.3, -0.25) is 29.0 Å². The van der Waals surface area contributed by atoms with Gasteiger partial charge in [-0.1, -0.05) is 13.8 Å². The summed E-state index contributed by atoms with van der Waals surface area (Å²) in [5, 5.41) is 16.3. The lowest BCUT2D eigenvalue weighted by Gasteiger charge is -2.25. The molecule has 0 aliphatic heterocycles. The van der Waals surface area contributed by atoms with Crippen molar-refractivity contribution in [3.8, 4) is 0 Å². The number of hydrogen-bond donors (Lipinski definition) is 9. The molecule has 0 aromatic heterocycles. The Labute approximate surface area is 214 Å². The van der Waals surface area contributed by atoms with Gasteiger partial charge in [-0.25, -0.2) is 4.79 Å². The molecule has 210 valence electrons. The number of nitrogens with one attached hydrogen (secondary N) is 3. The molecule has 37 heavy (non-hydrogen) atoms. The van der Waals surface area contributed by atoms with Crippen LogP contribution in [0.1, 0.15) is 52.4 Å². The van der Waals surface area contributed by atoms with Crippen molar-refractivity contribution in [2.45, 2.75) is 76.5 Å². The second-order valence-electron chi connectivity index (χ2n) is 8.88. The number of aliphatic imine (C=N–C) groups is 1. The maximum absolute atomic E-state index is 13.0. The molecule has 0 rings (SSSR count). The van der Waals surface area contributed by atoms with Crippen LogP contribution in [-0.2, 0) is 28.8 Å². The number of nitrogens with two attached hydrogens (primary N) is 5. The van der Waals surface area contributed by atoms with Crippen molar-refractivity contribution >= 4 is 41.5 Å². The van der Waals surface area contributed by atoms with Gasteiger partial charge in [0.2, 0.25) is 29.5 Å². The largest absolute Gasteiger partial charge is 0.480 e. The van der Waals surface area contributed by atoms with Gasteiger partial charge in [0.25, 0.3) is 0 Å². The maximum Gasteiger partial charge on any atom is 0.326 e. The van der Waals surface area contributed by atoms with Gasteiger partial charge in [0, 0.05) is 13.0 Å². The fourth-order valence-corrected chi connectivity index (χ4v) is 3.13. The van der Waals surface area contributed by atoms with Gasteiger partial charge >= 0.3 is 5.97 Å². The number of aliphatic carboxylic acids is 1. The van der Waals surface area contributed by atoms with E-state index in [0.717, 1.165) is 0 Å². The lowest BCUT2D eigenvalue weighted by molar-refractivity contribution is -0.142. The van der Waals surface area contributed by atoms with Crippen LogP contribution in [-0.4, -0.2) is 77.3 Å². The Bertz CT molecular complexity index is 859. The van der Waals surface area contributed by atoms with Crippen LogP contribution in [0.15, 0.2) is 4.99 Å². The fourth-order valence-electron chi connectivity index (χ4n) is 3.13. The molecule has 0 radical (unpaired) electrons. The van der Waals surface area contributed by atoms with Crippen molar-refractivity contribution in [1.82, 2.24) is 16.0 Å². The van der Waals surface area contributed by atoms with E-state index in [-0.39, 0.29) is 44.1 Å². The molecule has 4 atom stereocenters. The first-order valence-electron chi connectivity index (χ1n) is 11.6. The number of carboxylic acid groups (broad SMARTS) is 1. The Morgan fingerprint density at radius 1 is 0.784 bits per heavy atom. The third kappa shape index (κ3) is 14.9. The minimum absolute atomic E-state index is 0.0669. The first kappa shape index (κ1) is 33.0. The number of rotatable bonds is 18. The molecule has 0 aromatic carbocycles. The molecule has 0 saturated carbocycles. The van der Waals surface area contributed by atoms with Crippen LogP contribution in [0.2, 0.25) is 0 Å². The first-order valence-corrected chi connectivity index (χ1v) is 11.6. The van der Waals surface area contributed by atoms with Gasteiger partial charge in [-0.2, -0.15) is 0 Å². The lowest BCUT2D eigenvalue weighted by atomic mass is 10.0. The minimum Gasteiger partial charge on any atom is -0.480 e. The average molecular weight is 530 g/mol. The minimum atomic E-state index is -1.54. The smallest absolute Gasteiger partial charge is 0.326 e. The van der Waals surface area contributed by atoms with E-state index < -0.39 is 66.1 Å².